The molecule has 5 nitrogen and oxygen atoms in total. The molecular weight excluding hydrogens is 200 g/mol. The summed E-state index contributed by atoms with van der Waals surface area (Å²) in [5.74, 6) is -0.252. The zero-order valence-electron chi connectivity index (χ0n) is 9.08. The third-order valence-electron chi connectivity index (χ3n) is 3.01. The minimum Gasteiger partial charge on any atom is -0.394 e. The largest absolute Gasteiger partial charge is 0.394 e. The summed E-state index contributed by atoms with van der Waals surface area (Å²) in [4.78, 5) is 0. The zero-order valence-corrected chi connectivity index (χ0v) is 9.08. The van der Waals surface area contributed by atoms with Crippen LogP contribution >= 0.6 is 0 Å². The fourth-order valence-corrected chi connectivity index (χ4v) is 1.94. The Labute approximate surface area is 89.3 Å². The summed E-state index contributed by atoms with van der Waals surface area (Å²) in [5, 5.41) is 37.4. The van der Waals surface area contributed by atoms with Crippen LogP contribution in [0.1, 0.15) is 20.3 Å². The second-order valence-electron chi connectivity index (χ2n) is 4.31. The molecule has 90 valence electrons. The molecule has 1 rings (SSSR count). The predicted octanol–water partition coefficient (Wildman–Crippen LogP) is -1.13. The highest BCUT2D eigenvalue weighted by atomic mass is 16.5. The van der Waals surface area contributed by atoms with Crippen LogP contribution in [0.25, 0.3) is 0 Å². The number of aliphatic hydroxyl groups is 4. The van der Waals surface area contributed by atoms with Gasteiger partial charge in [-0.25, -0.2) is 0 Å². The molecule has 15 heavy (non-hydrogen) atoms. The molecule has 0 aromatic rings. The topological polar surface area (TPSA) is 90.2 Å². The molecular formula is C10H20O5. The van der Waals surface area contributed by atoms with Crippen molar-refractivity contribution in [3.05, 3.63) is 0 Å². The fourth-order valence-electron chi connectivity index (χ4n) is 1.94. The maximum absolute atomic E-state index is 9.70. The van der Waals surface area contributed by atoms with Crippen LogP contribution < -0.4 is 0 Å². The lowest BCUT2D eigenvalue weighted by molar-refractivity contribution is -0.186. The Morgan fingerprint density at radius 1 is 1.33 bits per heavy atom. The monoisotopic (exact) mass is 220 g/mol. The fraction of sp³-hybridized carbons (Fsp3) is 1.00. The molecule has 6 atom stereocenters. The predicted molar refractivity (Wildman–Crippen MR) is 53.2 cm³/mol. The zero-order chi connectivity index (χ0) is 11.6. The highest BCUT2D eigenvalue weighted by Gasteiger charge is 2.39. The molecule has 4 N–H and O–H groups in total. The van der Waals surface area contributed by atoms with Crippen molar-refractivity contribution in [1.29, 1.82) is 0 Å². The summed E-state index contributed by atoms with van der Waals surface area (Å²) < 4.78 is 5.47. The van der Waals surface area contributed by atoms with E-state index in [1.807, 2.05) is 0 Å². The lowest BCUT2D eigenvalue weighted by Crippen LogP contribution is -2.52. The second-order valence-corrected chi connectivity index (χ2v) is 4.31. The van der Waals surface area contributed by atoms with Gasteiger partial charge in [-0.1, -0.05) is 6.92 Å². The maximum Gasteiger partial charge on any atom is 0.109 e. The minimum atomic E-state index is -1.23. The maximum atomic E-state index is 9.70. The van der Waals surface area contributed by atoms with Crippen molar-refractivity contribution in [2.75, 3.05) is 6.61 Å². The third kappa shape index (κ3) is 2.89. The second kappa shape index (κ2) is 5.23. The molecule has 5 heteroatoms. The summed E-state index contributed by atoms with van der Waals surface area (Å²) in [7, 11) is 0. The Morgan fingerprint density at radius 3 is 2.47 bits per heavy atom. The standard InChI is InChI=1S/C10H20O5/c1-5-3-7(12)6(2)10(15-5)9(14)8(13)4-11/h5-14H,3-4H2,1-2H3/t5-,6+,7-,8+,9?,10+/m0/s1. The van der Waals surface area contributed by atoms with Crippen molar-refractivity contribution in [3.63, 3.8) is 0 Å². The van der Waals surface area contributed by atoms with Crippen molar-refractivity contribution in [3.8, 4) is 0 Å². The quantitative estimate of drug-likeness (QED) is 0.483. The normalized spacial score (nSPS) is 41.2. The summed E-state index contributed by atoms with van der Waals surface area (Å²) in [6.45, 7) is 3.05. The van der Waals surface area contributed by atoms with Crippen LogP contribution in [-0.4, -0.2) is 57.6 Å². The van der Waals surface area contributed by atoms with Gasteiger partial charge in [-0.15, -0.1) is 0 Å². The van der Waals surface area contributed by atoms with Gasteiger partial charge in [0.2, 0.25) is 0 Å². The number of ether oxygens (including phenoxy) is 1. The van der Waals surface area contributed by atoms with Crippen molar-refractivity contribution in [2.24, 2.45) is 5.92 Å². The van der Waals surface area contributed by atoms with Crippen molar-refractivity contribution in [1.82, 2.24) is 0 Å². The molecule has 0 bridgehead atoms. The van der Waals surface area contributed by atoms with E-state index < -0.39 is 31.0 Å². The van der Waals surface area contributed by atoms with E-state index in [4.69, 9.17) is 9.84 Å². The van der Waals surface area contributed by atoms with Crippen LogP contribution in [0.2, 0.25) is 0 Å². The Morgan fingerprint density at radius 2 is 1.93 bits per heavy atom. The van der Waals surface area contributed by atoms with E-state index in [0.29, 0.717) is 6.42 Å². The Bertz CT molecular complexity index is 198. The Hall–Kier alpha value is -0.200. The van der Waals surface area contributed by atoms with E-state index >= 15 is 0 Å². The molecule has 1 aliphatic rings. The van der Waals surface area contributed by atoms with Gasteiger partial charge in [0, 0.05) is 5.92 Å². The summed E-state index contributed by atoms with van der Waals surface area (Å²) >= 11 is 0. The van der Waals surface area contributed by atoms with Crippen LogP contribution in [0, 0.1) is 5.92 Å². The van der Waals surface area contributed by atoms with Gasteiger partial charge in [0.15, 0.2) is 0 Å². The molecule has 1 saturated heterocycles. The molecule has 0 aliphatic carbocycles. The SMILES string of the molecule is C[C@@H]1[C@@H](O)C[C@H](C)O[C@H]1C(O)[C@H](O)CO. The van der Waals surface area contributed by atoms with Crippen molar-refractivity contribution >= 4 is 0 Å². The van der Waals surface area contributed by atoms with Gasteiger partial charge in [-0.3, -0.25) is 0 Å². The smallest absolute Gasteiger partial charge is 0.109 e. The number of hydrogen-bond donors (Lipinski definition) is 4. The van der Waals surface area contributed by atoms with E-state index in [-0.39, 0.29) is 12.0 Å². The Balaban J connectivity index is 2.65. The van der Waals surface area contributed by atoms with Gasteiger partial charge in [0.05, 0.1) is 24.9 Å². The van der Waals surface area contributed by atoms with Crippen LogP contribution in [0.3, 0.4) is 0 Å². The van der Waals surface area contributed by atoms with Gasteiger partial charge in [-0.2, -0.15) is 0 Å². The summed E-state index contributed by atoms with van der Waals surface area (Å²) in [6, 6.07) is 0. The van der Waals surface area contributed by atoms with Crippen LogP contribution in [-0.2, 0) is 4.74 Å². The van der Waals surface area contributed by atoms with E-state index in [2.05, 4.69) is 0 Å². The van der Waals surface area contributed by atoms with Crippen LogP contribution in [0.4, 0.5) is 0 Å². The summed E-state index contributed by atoms with van der Waals surface area (Å²) in [5.41, 5.74) is 0. The first-order valence-corrected chi connectivity index (χ1v) is 5.28. The molecule has 0 aromatic heterocycles. The van der Waals surface area contributed by atoms with Crippen LogP contribution in [0.5, 0.6) is 0 Å². The van der Waals surface area contributed by atoms with E-state index in [1.165, 1.54) is 0 Å². The van der Waals surface area contributed by atoms with Gasteiger partial charge in [-0.05, 0) is 13.3 Å². The summed E-state index contributed by atoms with van der Waals surface area (Å²) in [6.07, 6.45) is -3.19. The lowest BCUT2D eigenvalue weighted by atomic mass is 9.86. The number of aliphatic hydroxyl groups excluding tert-OH is 4. The van der Waals surface area contributed by atoms with Crippen molar-refractivity contribution < 1.29 is 25.2 Å². The minimum absolute atomic E-state index is 0.151. The average molecular weight is 220 g/mol. The number of rotatable bonds is 3. The Kier molecular flexibility index (Phi) is 4.48. The third-order valence-corrected chi connectivity index (χ3v) is 3.01. The van der Waals surface area contributed by atoms with Gasteiger partial charge in [0.25, 0.3) is 0 Å². The molecule has 0 spiro atoms. The van der Waals surface area contributed by atoms with Crippen molar-refractivity contribution in [2.45, 2.75) is 50.8 Å². The molecule has 0 saturated carbocycles. The lowest BCUT2D eigenvalue weighted by Gasteiger charge is -2.40. The molecule has 0 aromatic carbocycles. The van der Waals surface area contributed by atoms with Crippen LogP contribution in [0.15, 0.2) is 0 Å². The highest BCUT2D eigenvalue weighted by Crippen LogP contribution is 2.28. The molecule has 0 radical (unpaired) electrons. The van der Waals surface area contributed by atoms with Gasteiger partial charge >= 0.3 is 0 Å². The van der Waals surface area contributed by atoms with E-state index in [9.17, 15) is 15.3 Å². The van der Waals surface area contributed by atoms with E-state index in [1.54, 1.807) is 13.8 Å². The first kappa shape index (κ1) is 12.9. The van der Waals surface area contributed by atoms with Gasteiger partial charge in [0.1, 0.15) is 12.2 Å². The first-order valence-electron chi connectivity index (χ1n) is 5.28. The van der Waals surface area contributed by atoms with Gasteiger partial charge < -0.3 is 25.2 Å². The molecule has 1 aliphatic heterocycles. The number of hydrogen-bond acceptors (Lipinski definition) is 5. The average Bonchev–Trinajstić information content (AvgIpc) is 2.21. The first-order chi connectivity index (χ1) is 6.97. The highest BCUT2D eigenvalue weighted by molar-refractivity contribution is 4.88. The molecule has 1 fully saturated rings. The molecule has 1 unspecified atom stereocenters. The molecule has 1 heterocycles. The molecule has 0 amide bonds. The van der Waals surface area contributed by atoms with E-state index in [0.717, 1.165) is 0 Å².